The Morgan fingerprint density at radius 2 is 1.90 bits per heavy atom. The van der Waals surface area contributed by atoms with E-state index in [2.05, 4.69) is 10.6 Å². The van der Waals surface area contributed by atoms with Crippen molar-refractivity contribution in [2.45, 2.75) is 12.8 Å². The zero-order valence-corrected chi connectivity index (χ0v) is 11.0. The third-order valence-corrected chi connectivity index (χ3v) is 3.34. The van der Waals surface area contributed by atoms with Crippen LogP contribution in [0.5, 0.6) is 0 Å². The molecule has 2 amide bonds. The molecule has 1 heterocycles. The van der Waals surface area contributed by atoms with Gasteiger partial charge in [0.05, 0.1) is 5.92 Å². The molecule has 1 aliphatic rings. The van der Waals surface area contributed by atoms with Crippen molar-refractivity contribution >= 4 is 23.2 Å². The maximum absolute atomic E-state index is 12.2. The monoisotopic (exact) mass is 266 g/mol. The molecular weight excluding hydrogens is 252 g/mol. The summed E-state index contributed by atoms with van der Waals surface area (Å²) in [6.07, 6.45) is 0. The lowest BCUT2D eigenvalue weighted by Crippen LogP contribution is -2.13. The molecule has 4 heteroatoms. The van der Waals surface area contributed by atoms with Crippen molar-refractivity contribution in [1.82, 2.24) is 0 Å². The number of carbonyl (C=O) groups is 2. The second kappa shape index (κ2) is 4.81. The van der Waals surface area contributed by atoms with Gasteiger partial charge in [0.2, 0.25) is 11.8 Å². The number of carbonyl (C=O) groups excluding carboxylic acids is 2. The highest BCUT2D eigenvalue weighted by Gasteiger charge is 2.31. The minimum absolute atomic E-state index is 0.0359. The van der Waals surface area contributed by atoms with Gasteiger partial charge in [0.15, 0.2) is 0 Å². The fourth-order valence-corrected chi connectivity index (χ4v) is 2.52. The van der Waals surface area contributed by atoms with Crippen LogP contribution in [0, 0.1) is 0 Å². The van der Waals surface area contributed by atoms with Gasteiger partial charge in [0, 0.05) is 18.3 Å². The number of hydrogen-bond donors (Lipinski definition) is 2. The Morgan fingerprint density at radius 1 is 1.15 bits per heavy atom. The van der Waals surface area contributed by atoms with Crippen LogP contribution in [0.2, 0.25) is 0 Å². The summed E-state index contributed by atoms with van der Waals surface area (Å²) in [4.78, 5) is 23.3. The van der Waals surface area contributed by atoms with Crippen molar-refractivity contribution in [2.75, 3.05) is 10.6 Å². The average Bonchev–Trinajstić information content (AvgIpc) is 2.74. The van der Waals surface area contributed by atoms with Gasteiger partial charge in [-0.2, -0.15) is 0 Å². The summed E-state index contributed by atoms with van der Waals surface area (Å²) in [6, 6.07) is 15.1. The van der Waals surface area contributed by atoms with Crippen LogP contribution in [0.4, 0.5) is 11.4 Å². The predicted molar refractivity (Wildman–Crippen MR) is 77.7 cm³/mol. The summed E-state index contributed by atoms with van der Waals surface area (Å²) in [7, 11) is 0. The molecule has 20 heavy (non-hydrogen) atoms. The van der Waals surface area contributed by atoms with Crippen molar-refractivity contribution in [3.63, 3.8) is 0 Å². The topological polar surface area (TPSA) is 58.2 Å². The minimum atomic E-state index is -0.320. The van der Waals surface area contributed by atoms with E-state index >= 15 is 0 Å². The van der Waals surface area contributed by atoms with Crippen molar-refractivity contribution in [2.24, 2.45) is 0 Å². The summed E-state index contributed by atoms with van der Waals surface area (Å²) in [6.45, 7) is 1.46. The first-order chi connectivity index (χ1) is 9.65. The van der Waals surface area contributed by atoms with Crippen LogP contribution < -0.4 is 10.6 Å². The predicted octanol–water partition coefficient (Wildman–Crippen LogP) is 2.73. The van der Waals surface area contributed by atoms with E-state index in [1.54, 1.807) is 6.07 Å². The van der Waals surface area contributed by atoms with E-state index < -0.39 is 0 Å². The highest BCUT2D eigenvalue weighted by atomic mass is 16.2. The van der Waals surface area contributed by atoms with E-state index in [-0.39, 0.29) is 17.7 Å². The van der Waals surface area contributed by atoms with E-state index in [0.29, 0.717) is 5.69 Å². The van der Waals surface area contributed by atoms with Gasteiger partial charge < -0.3 is 10.6 Å². The molecule has 0 aromatic heterocycles. The molecule has 2 N–H and O–H groups in total. The average molecular weight is 266 g/mol. The summed E-state index contributed by atoms with van der Waals surface area (Å²) in [5.41, 5.74) is 3.35. The fraction of sp³-hybridized carbons (Fsp3) is 0.125. The van der Waals surface area contributed by atoms with Gasteiger partial charge in [-0.3, -0.25) is 9.59 Å². The Labute approximate surface area is 116 Å². The Hall–Kier alpha value is -2.62. The molecule has 0 radical (unpaired) electrons. The fourth-order valence-electron chi connectivity index (χ4n) is 2.52. The summed E-state index contributed by atoms with van der Waals surface area (Å²) in [5, 5.41) is 5.62. The Balaban J connectivity index is 2.04. The zero-order chi connectivity index (χ0) is 14.1. The van der Waals surface area contributed by atoms with E-state index in [1.807, 2.05) is 42.5 Å². The van der Waals surface area contributed by atoms with Crippen LogP contribution in [0.1, 0.15) is 24.0 Å². The van der Waals surface area contributed by atoms with E-state index in [0.717, 1.165) is 16.8 Å². The highest BCUT2D eigenvalue weighted by Crippen LogP contribution is 2.38. The van der Waals surface area contributed by atoms with Crippen LogP contribution >= 0.6 is 0 Å². The van der Waals surface area contributed by atoms with E-state index in [1.165, 1.54) is 6.92 Å². The normalized spacial score (nSPS) is 16.4. The maximum Gasteiger partial charge on any atom is 0.236 e. The molecule has 1 atom stereocenters. The summed E-state index contributed by atoms with van der Waals surface area (Å²) < 4.78 is 0. The van der Waals surface area contributed by atoms with Gasteiger partial charge in [-0.15, -0.1) is 0 Å². The van der Waals surface area contributed by atoms with Gasteiger partial charge in [-0.05, 0) is 29.3 Å². The number of benzene rings is 2. The molecule has 0 saturated carbocycles. The lowest BCUT2D eigenvalue weighted by molar-refractivity contribution is -0.116. The molecular formula is C16H14N2O2. The largest absolute Gasteiger partial charge is 0.326 e. The molecule has 0 bridgehead atoms. The Morgan fingerprint density at radius 3 is 2.60 bits per heavy atom. The SMILES string of the molecule is CC(=O)Nc1ccc2c(c1)C(c1ccccc1)C(=O)N2. The first kappa shape index (κ1) is 12.4. The molecule has 3 rings (SSSR count). The van der Waals surface area contributed by atoms with Gasteiger partial charge in [-0.1, -0.05) is 30.3 Å². The van der Waals surface area contributed by atoms with Gasteiger partial charge >= 0.3 is 0 Å². The Bertz CT molecular complexity index is 680. The molecule has 0 fully saturated rings. The first-order valence-electron chi connectivity index (χ1n) is 6.42. The standard InChI is InChI=1S/C16H14N2O2/c1-10(19)17-12-7-8-14-13(9-12)15(16(20)18-14)11-5-3-2-4-6-11/h2-9,15H,1H3,(H,17,19)(H,18,20). The second-order valence-electron chi connectivity index (χ2n) is 4.82. The maximum atomic E-state index is 12.2. The van der Waals surface area contributed by atoms with Crippen LogP contribution in [0.15, 0.2) is 48.5 Å². The highest BCUT2D eigenvalue weighted by molar-refractivity contribution is 6.05. The lowest BCUT2D eigenvalue weighted by atomic mass is 9.92. The van der Waals surface area contributed by atoms with Gasteiger partial charge in [0.1, 0.15) is 0 Å². The van der Waals surface area contributed by atoms with E-state index in [9.17, 15) is 9.59 Å². The number of nitrogens with one attached hydrogen (secondary N) is 2. The number of fused-ring (bicyclic) bond motifs is 1. The number of hydrogen-bond acceptors (Lipinski definition) is 2. The summed E-state index contributed by atoms with van der Waals surface area (Å²) in [5.74, 6) is -0.482. The quantitative estimate of drug-likeness (QED) is 0.878. The minimum Gasteiger partial charge on any atom is -0.326 e. The third kappa shape index (κ3) is 2.16. The molecule has 1 unspecified atom stereocenters. The smallest absolute Gasteiger partial charge is 0.236 e. The van der Waals surface area contributed by atoms with Crippen molar-refractivity contribution in [3.8, 4) is 0 Å². The molecule has 0 spiro atoms. The molecule has 0 saturated heterocycles. The van der Waals surface area contributed by atoms with Crippen LogP contribution in [0.3, 0.4) is 0 Å². The molecule has 0 aliphatic carbocycles. The Kier molecular flexibility index (Phi) is 2.99. The second-order valence-corrected chi connectivity index (χ2v) is 4.82. The number of rotatable bonds is 2. The van der Waals surface area contributed by atoms with Crippen molar-refractivity contribution in [3.05, 3.63) is 59.7 Å². The van der Waals surface area contributed by atoms with Gasteiger partial charge in [-0.25, -0.2) is 0 Å². The number of amides is 2. The molecule has 4 nitrogen and oxygen atoms in total. The molecule has 1 aliphatic heterocycles. The lowest BCUT2D eigenvalue weighted by Gasteiger charge is -2.10. The zero-order valence-electron chi connectivity index (χ0n) is 11.0. The first-order valence-corrected chi connectivity index (χ1v) is 6.42. The van der Waals surface area contributed by atoms with Crippen LogP contribution in [-0.2, 0) is 9.59 Å². The van der Waals surface area contributed by atoms with Crippen LogP contribution in [0.25, 0.3) is 0 Å². The third-order valence-electron chi connectivity index (χ3n) is 3.34. The summed E-state index contributed by atoms with van der Waals surface area (Å²) >= 11 is 0. The molecule has 100 valence electrons. The molecule has 2 aromatic rings. The molecule has 2 aromatic carbocycles. The van der Waals surface area contributed by atoms with Gasteiger partial charge in [0.25, 0.3) is 0 Å². The number of anilines is 2. The van der Waals surface area contributed by atoms with Crippen molar-refractivity contribution < 1.29 is 9.59 Å². The van der Waals surface area contributed by atoms with Crippen LogP contribution in [-0.4, -0.2) is 11.8 Å². The van der Waals surface area contributed by atoms with Crippen molar-refractivity contribution in [1.29, 1.82) is 0 Å². The van der Waals surface area contributed by atoms with E-state index in [4.69, 9.17) is 0 Å².